The molecule has 0 saturated heterocycles. The van der Waals surface area contributed by atoms with Crippen LogP contribution >= 0.6 is 11.6 Å². The van der Waals surface area contributed by atoms with Gasteiger partial charge in [-0.05, 0) is 42.5 Å². The molecule has 2 aromatic rings. The minimum atomic E-state index is -4.47. The molecule has 2 rings (SSSR count). The van der Waals surface area contributed by atoms with E-state index in [9.17, 15) is 26.4 Å². The maximum absolute atomic E-state index is 12.5. The van der Waals surface area contributed by atoms with Gasteiger partial charge in [0, 0.05) is 11.4 Å². The minimum absolute atomic E-state index is 0.0322. The summed E-state index contributed by atoms with van der Waals surface area (Å²) in [5.74, 6) is -0.693. The maximum atomic E-state index is 12.5. The predicted molar refractivity (Wildman–Crippen MR) is 89.3 cm³/mol. The average molecular weight is 393 g/mol. The molecule has 5 nitrogen and oxygen atoms in total. The van der Waals surface area contributed by atoms with E-state index in [0.29, 0.717) is 0 Å². The number of rotatable bonds is 4. The number of hydrogen-bond acceptors (Lipinski definition) is 3. The summed E-state index contributed by atoms with van der Waals surface area (Å²) in [7, 11) is -3.54. The van der Waals surface area contributed by atoms with E-state index in [2.05, 4.69) is 10.0 Å². The fourth-order valence-electron chi connectivity index (χ4n) is 1.92. The van der Waals surface area contributed by atoms with E-state index in [0.717, 1.165) is 30.5 Å². The second-order valence-electron chi connectivity index (χ2n) is 5.10. The van der Waals surface area contributed by atoms with Crippen molar-refractivity contribution in [3.05, 3.63) is 58.6 Å². The van der Waals surface area contributed by atoms with Crippen molar-refractivity contribution < 1.29 is 26.4 Å². The van der Waals surface area contributed by atoms with Gasteiger partial charge < -0.3 is 5.32 Å². The van der Waals surface area contributed by atoms with Gasteiger partial charge in [0.15, 0.2) is 0 Å². The zero-order valence-electron chi connectivity index (χ0n) is 12.7. The van der Waals surface area contributed by atoms with Crippen LogP contribution in [0.3, 0.4) is 0 Å². The summed E-state index contributed by atoms with van der Waals surface area (Å²) in [4.78, 5) is 12.2. The van der Waals surface area contributed by atoms with Crippen LogP contribution in [0.2, 0.25) is 5.02 Å². The fraction of sp³-hybridized carbons (Fsp3) is 0.133. The Balaban J connectivity index is 2.22. The number of benzene rings is 2. The molecule has 0 bridgehead atoms. The highest BCUT2D eigenvalue weighted by Gasteiger charge is 2.30. The van der Waals surface area contributed by atoms with E-state index in [1.807, 2.05) is 0 Å². The Hall–Kier alpha value is -2.26. The van der Waals surface area contributed by atoms with Gasteiger partial charge >= 0.3 is 6.18 Å². The quantitative estimate of drug-likeness (QED) is 0.826. The van der Waals surface area contributed by atoms with Crippen LogP contribution in [0.4, 0.5) is 24.5 Å². The number of sulfonamides is 1. The summed E-state index contributed by atoms with van der Waals surface area (Å²) in [6, 6.07) is 7.80. The van der Waals surface area contributed by atoms with Gasteiger partial charge in [0.2, 0.25) is 10.0 Å². The largest absolute Gasteiger partial charge is 0.416 e. The number of halogens is 4. The summed E-state index contributed by atoms with van der Waals surface area (Å²) in [6.45, 7) is 0. The third-order valence-electron chi connectivity index (χ3n) is 2.98. The Bertz CT molecular complexity index is 897. The van der Waals surface area contributed by atoms with E-state index in [4.69, 9.17) is 11.6 Å². The monoisotopic (exact) mass is 392 g/mol. The molecule has 1 amide bonds. The van der Waals surface area contributed by atoms with Crippen molar-refractivity contribution in [3.8, 4) is 0 Å². The lowest BCUT2D eigenvalue weighted by Crippen LogP contribution is -2.14. The number of carbonyl (C=O) groups is 1. The van der Waals surface area contributed by atoms with Crippen molar-refractivity contribution >= 4 is 38.9 Å². The van der Waals surface area contributed by atoms with Crippen molar-refractivity contribution in [1.82, 2.24) is 0 Å². The first-order valence-electron chi connectivity index (χ1n) is 6.72. The molecular formula is C15H12ClF3N2O3S. The molecule has 0 fully saturated rings. The first-order chi connectivity index (χ1) is 11.5. The topological polar surface area (TPSA) is 75.3 Å². The summed E-state index contributed by atoms with van der Waals surface area (Å²) in [5.41, 5.74) is -0.613. The second-order valence-corrected chi connectivity index (χ2v) is 7.25. The molecule has 0 aliphatic carbocycles. The lowest BCUT2D eigenvalue weighted by atomic mass is 10.1. The number of alkyl halides is 3. The highest BCUT2D eigenvalue weighted by Crippen LogP contribution is 2.30. The van der Waals surface area contributed by atoms with Crippen molar-refractivity contribution in [2.75, 3.05) is 16.3 Å². The van der Waals surface area contributed by atoms with Crippen LogP contribution in [-0.2, 0) is 16.2 Å². The summed E-state index contributed by atoms with van der Waals surface area (Å²) >= 11 is 5.93. The van der Waals surface area contributed by atoms with Crippen LogP contribution < -0.4 is 10.0 Å². The second kappa shape index (κ2) is 6.93. The predicted octanol–water partition coefficient (Wildman–Crippen LogP) is 3.98. The lowest BCUT2D eigenvalue weighted by molar-refractivity contribution is -0.137. The van der Waals surface area contributed by atoms with Gasteiger partial charge in [-0.15, -0.1) is 0 Å². The molecule has 0 aromatic heterocycles. The molecule has 2 N–H and O–H groups in total. The minimum Gasteiger partial charge on any atom is -0.322 e. The summed E-state index contributed by atoms with van der Waals surface area (Å²) in [6.07, 6.45) is -3.53. The first kappa shape index (κ1) is 19.1. The molecule has 0 spiro atoms. The first-order valence-corrected chi connectivity index (χ1v) is 8.98. The van der Waals surface area contributed by atoms with Gasteiger partial charge in [0.1, 0.15) is 0 Å². The molecule has 134 valence electrons. The van der Waals surface area contributed by atoms with E-state index < -0.39 is 27.7 Å². The van der Waals surface area contributed by atoms with Gasteiger partial charge in [-0.2, -0.15) is 13.2 Å². The highest BCUT2D eigenvalue weighted by atomic mass is 35.5. The SMILES string of the molecule is CS(=O)(=O)Nc1ccc(Cl)c(C(=O)Nc2ccc(C(F)(F)F)cc2)c1. The number of nitrogens with one attached hydrogen (secondary N) is 2. The van der Waals surface area contributed by atoms with Crippen LogP contribution in [0, 0.1) is 0 Å². The van der Waals surface area contributed by atoms with E-state index in [-0.39, 0.29) is 22.0 Å². The average Bonchev–Trinajstić information content (AvgIpc) is 2.47. The van der Waals surface area contributed by atoms with Crippen LogP contribution in [0.5, 0.6) is 0 Å². The molecular weight excluding hydrogens is 381 g/mol. The van der Waals surface area contributed by atoms with Gasteiger partial charge in [0.05, 0.1) is 22.4 Å². The van der Waals surface area contributed by atoms with Crippen molar-refractivity contribution in [2.24, 2.45) is 0 Å². The van der Waals surface area contributed by atoms with Crippen LogP contribution in [0.25, 0.3) is 0 Å². The highest BCUT2D eigenvalue weighted by molar-refractivity contribution is 7.92. The molecule has 0 radical (unpaired) electrons. The molecule has 2 aromatic carbocycles. The number of anilines is 2. The van der Waals surface area contributed by atoms with Crippen molar-refractivity contribution in [2.45, 2.75) is 6.18 Å². The van der Waals surface area contributed by atoms with Gasteiger partial charge in [0.25, 0.3) is 5.91 Å². The zero-order chi connectivity index (χ0) is 18.8. The Labute approximate surface area is 146 Å². The van der Waals surface area contributed by atoms with Crippen molar-refractivity contribution in [1.29, 1.82) is 0 Å². The smallest absolute Gasteiger partial charge is 0.322 e. The zero-order valence-corrected chi connectivity index (χ0v) is 14.3. The van der Waals surface area contributed by atoms with Crippen LogP contribution in [-0.4, -0.2) is 20.6 Å². The molecule has 0 unspecified atom stereocenters. The fourth-order valence-corrected chi connectivity index (χ4v) is 2.68. The molecule has 25 heavy (non-hydrogen) atoms. The Kier molecular flexibility index (Phi) is 5.28. The standard InChI is InChI=1S/C15H12ClF3N2O3S/c1-25(23,24)21-11-6-7-13(16)12(8-11)14(22)20-10-4-2-9(3-5-10)15(17,18)19/h2-8,21H,1H3,(H,20,22). The molecule has 10 heteroatoms. The van der Waals surface area contributed by atoms with Crippen LogP contribution in [0.1, 0.15) is 15.9 Å². The van der Waals surface area contributed by atoms with E-state index in [1.54, 1.807) is 0 Å². The number of amides is 1. The molecule has 0 saturated carbocycles. The molecule has 0 heterocycles. The Morgan fingerprint density at radius 2 is 1.60 bits per heavy atom. The Morgan fingerprint density at radius 3 is 2.12 bits per heavy atom. The summed E-state index contributed by atoms with van der Waals surface area (Å²) < 4.78 is 62.2. The summed E-state index contributed by atoms with van der Waals surface area (Å²) in [5, 5.41) is 2.46. The van der Waals surface area contributed by atoms with Crippen molar-refractivity contribution in [3.63, 3.8) is 0 Å². The molecule has 0 aliphatic rings. The lowest BCUT2D eigenvalue weighted by Gasteiger charge is -2.11. The molecule has 0 atom stereocenters. The maximum Gasteiger partial charge on any atom is 0.416 e. The molecule has 0 aliphatic heterocycles. The third kappa shape index (κ3) is 5.36. The number of hydrogen-bond donors (Lipinski definition) is 2. The van der Waals surface area contributed by atoms with Gasteiger partial charge in [-0.3, -0.25) is 9.52 Å². The third-order valence-corrected chi connectivity index (χ3v) is 3.92. The van der Waals surface area contributed by atoms with Gasteiger partial charge in [-0.1, -0.05) is 11.6 Å². The van der Waals surface area contributed by atoms with E-state index in [1.165, 1.54) is 18.2 Å². The number of carbonyl (C=O) groups excluding carboxylic acids is 1. The normalized spacial score (nSPS) is 11.9. The van der Waals surface area contributed by atoms with Crippen LogP contribution in [0.15, 0.2) is 42.5 Å². The van der Waals surface area contributed by atoms with E-state index >= 15 is 0 Å². The van der Waals surface area contributed by atoms with Gasteiger partial charge in [-0.25, -0.2) is 8.42 Å². The Morgan fingerprint density at radius 1 is 1.04 bits per heavy atom.